The van der Waals surface area contributed by atoms with Gasteiger partial charge >= 0.3 is 0 Å². The van der Waals surface area contributed by atoms with Crippen molar-refractivity contribution in [1.29, 1.82) is 0 Å². The number of piperazine rings is 1. The van der Waals surface area contributed by atoms with Crippen LogP contribution < -0.4 is 4.90 Å². The highest BCUT2D eigenvalue weighted by Crippen LogP contribution is 2.29. The Morgan fingerprint density at radius 3 is 2.44 bits per heavy atom. The minimum Gasteiger partial charge on any atom is -0.368 e. The van der Waals surface area contributed by atoms with Crippen LogP contribution in [0.4, 0.5) is 5.69 Å². The molecule has 1 aliphatic heterocycles. The maximum Gasteiger partial charge on any atom is 0.263 e. The summed E-state index contributed by atoms with van der Waals surface area (Å²) in [7, 11) is -2.13. The molecule has 34 heavy (non-hydrogen) atoms. The molecule has 0 N–H and O–H groups in total. The predicted octanol–water partition coefficient (Wildman–Crippen LogP) is 3.86. The summed E-state index contributed by atoms with van der Waals surface area (Å²) in [6.45, 7) is 4.21. The van der Waals surface area contributed by atoms with Crippen molar-refractivity contribution >= 4 is 33.2 Å². The van der Waals surface area contributed by atoms with E-state index in [0.29, 0.717) is 37.7 Å². The number of anilines is 1. The molecule has 186 valence electrons. The van der Waals surface area contributed by atoms with Crippen molar-refractivity contribution in [3.8, 4) is 0 Å². The molecule has 1 saturated heterocycles. The Morgan fingerprint density at radius 2 is 1.79 bits per heavy atom. The number of hydrogen-bond acceptors (Lipinski definition) is 5. The predicted molar refractivity (Wildman–Crippen MR) is 134 cm³/mol. The number of sulfonamides is 1. The van der Waals surface area contributed by atoms with E-state index in [2.05, 4.69) is 10.00 Å². The standard InChI is InChI=1S/C24H34ClN5O3S/c1-3-13-29-18-20(24(31)27(2)19-9-5-4-6-10-19)23(26-29)34(32,33)30-16-14-28(15-17-30)22-12-8-7-11-21(22)25/h7-8,11-12,18-19H,3-6,9-10,13-17H2,1-2H3. The maximum absolute atomic E-state index is 13.7. The van der Waals surface area contributed by atoms with E-state index >= 15 is 0 Å². The van der Waals surface area contributed by atoms with Crippen molar-refractivity contribution in [2.24, 2.45) is 0 Å². The minimum absolute atomic E-state index is 0.125. The summed E-state index contributed by atoms with van der Waals surface area (Å²) in [4.78, 5) is 17.3. The van der Waals surface area contributed by atoms with Gasteiger partial charge in [0.2, 0.25) is 5.03 Å². The summed E-state index contributed by atoms with van der Waals surface area (Å²) in [6.07, 6.45) is 7.69. The lowest BCUT2D eigenvalue weighted by Gasteiger charge is -2.35. The summed E-state index contributed by atoms with van der Waals surface area (Å²) < 4.78 is 30.4. The molecule has 2 aromatic rings. The average Bonchev–Trinajstić information content (AvgIpc) is 3.29. The third-order valence-electron chi connectivity index (χ3n) is 6.87. The smallest absolute Gasteiger partial charge is 0.263 e. The van der Waals surface area contributed by atoms with Crippen LogP contribution in [0, 0.1) is 0 Å². The van der Waals surface area contributed by atoms with Crippen molar-refractivity contribution in [2.45, 2.75) is 63.1 Å². The van der Waals surface area contributed by atoms with Crippen LogP contribution in [0.1, 0.15) is 55.8 Å². The third-order valence-corrected chi connectivity index (χ3v) is 9.02. The summed E-state index contributed by atoms with van der Waals surface area (Å²) in [5.74, 6) is -0.262. The Hall–Kier alpha value is -2.10. The highest BCUT2D eigenvalue weighted by atomic mass is 35.5. The van der Waals surface area contributed by atoms with Gasteiger partial charge in [-0.1, -0.05) is 49.9 Å². The molecule has 0 spiro atoms. The van der Waals surface area contributed by atoms with Gasteiger partial charge < -0.3 is 9.80 Å². The Labute approximate surface area is 207 Å². The van der Waals surface area contributed by atoms with E-state index in [1.54, 1.807) is 22.8 Å². The number of carbonyl (C=O) groups is 1. The van der Waals surface area contributed by atoms with Crippen LogP contribution in [-0.2, 0) is 16.6 Å². The first-order valence-electron chi connectivity index (χ1n) is 12.2. The molecule has 0 bridgehead atoms. The molecule has 0 unspecified atom stereocenters. The van der Waals surface area contributed by atoms with Gasteiger partial charge in [0.15, 0.2) is 0 Å². The summed E-state index contributed by atoms with van der Waals surface area (Å²) in [5.41, 5.74) is 1.08. The molecule has 2 aliphatic rings. The zero-order valence-corrected chi connectivity index (χ0v) is 21.6. The van der Waals surface area contributed by atoms with Gasteiger partial charge in [0.05, 0.1) is 16.3 Å². The van der Waals surface area contributed by atoms with Crippen molar-refractivity contribution in [3.05, 3.63) is 41.0 Å². The third kappa shape index (κ3) is 5.11. The first-order chi connectivity index (χ1) is 16.3. The maximum atomic E-state index is 13.7. The van der Waals surface area contributed by atoms with E-state index in [1.165, 1.54) is 10.7 Å². The number of carbonyl (C=O) groups excluding carboxylic acids is 1. The molecular formula is C24H34ClN5O3S. The van der Waals surface area contributed by atoms with Gasteiger partial charge in [-0.15, -0.1) is 0 Å². The lowest BCUT2D eigenvalue weighted by molar-refractivity contribution is 0.0692. The van der Waals surface area contributed by atoms with Crippen LogP contribution in [0.15, 0.2) is 35.5 Å². The van der Waals surface area contributed by atoms with Gasteiger partial charge in [-0.2, -0.15) is 9.40 Å². The van der Waals surface area contributed by atoms with Crippen LogP contribution >= 0.6 is 11.6 Å². The molecule has 0 atom stereocenters. The number of amides is 1. The lowest BCUT2D eigenvalue weighted by Crippen LogP contribution is -2.49. The largest absolute Gasteiger partial charge is 0.368 e. The second kappa shape index (κ2) is 10.7. The molecule has 2 fully saturated rings. The van der Waals surface area contributed by atoms with Crippen LogP contribution in [0.2, 0.25) is 5.02 Å². The van der Waals surface area contributed by atoms with Crippen LogP contribution in [0.25, 0.3) is 0 Å². The first-order valence-corrected chi connectivity index (χ1v) is 14.0. The zero-order valence-electron chi connectivity index (χ0n) is 20.0. The number of nitrogens with zero attached hydrogens (tertiary/aromatic N) is 5. The number of hydrogen-bond donors (Lipinski definition) is 0. The highest BCUT2D eigenvalue weighted by molar-refractivity contribution is 7.89. The Bertz CT molecular complexity index is 1110. The second-order valence-corrected chi connectivity index (χ2v) is 11.4. The average molecular weight is 508 g/mol. The number of rotatable bonds is 7. The van der Waals surface area contributed by atoms with Crippen molar-refractivity contribution in [3.63, 3.8) is 0 Å². The molecule has 1 aliphatic carbocycles. The summed E-state index contributed by atoms with van der Waals surface area (Å²) in [6, 6.07) is 7.72. The Morgan fingerprint density at radius 1 is 1.12 bits per heavy atom. The molecule has 1 aromatic heterocycles. The van der Waals surface area contributed by atoms with E-state index in [0.717, 1.165) is 37.8 Å². The first kappa shape index (κ1) is 25.0. The molecule has 8 nitrogen and oxygen atoms in total. The molecule has 2 heterocycles. The van der Waals surface area contributed by atoms with Crippen LogP contribution in [0.5, 0.6) is 0 Å². The molecular weight excluding hydrogens is 474 g/mol. The van der Waals surface area contributed by atoms with Gasteiger partial charge in [0.25, 0.3) is 15.9 Å². The lowest BCUT2D eigenvalue weighted by atomic mass is 9.94. The van der Waals surface area contributed by atoms with Gasteiger partial charge in [0.1, 0.15) is 0 Å². The quantitative estimate of drug-likeness (QED) is 0.568. The van der Waals surface area contributed by atoms with Crippen molar-refractivity contribution < 1.29 is 13.2 Å². The number of aryl methyl sites for hydroxylation is 1. The molecule has 4 rings (SSSR count). The van der Waals surface area contributed by atoms with Crippen LogP contribution in [0.3, 0.4) is 0 Å². The van der Waals surface area contributed by atoms with E-state index in [-0.39, 0.29) is 22.5 Å². The summed E-state index contributed by atoms with van der Waals surface area (Å²) >= 11 is 6.33. The molecule has 10 heteroatoms. The van der Waals surface area contributed by atoms with Gasteiger partial charge in [-0.3, -0.25) is 9.48 Å². The second-order valence-electron chi connectivity index (χ2n) is 9.16. The van der Waals surface area contributed by atoms with E-state index in [1.807, 2.05) is 31.2 Å². The number of benzene rings is 1. The minimum atomic E-state index is -3.92. The van der Waals surface area contributed by atoms with Gasteiger partial charge in [-0.05, 0) is 31.4 Å². The molecule has 1 aromatic carbocycles. The van der Waals surface area contributed by atoms with Gasteiger partial charge in [-0.25, -0.2) is 8.42 Å². The van der Waals surface area contributed by atoms with E-state index in [9.17, 15) is 13.2 Å². The zero-order chi connectivity index (χ0) is 24.3. The van der Waals surface area contributed by atoms with Crippen molar-refractivity contribution in [2.75, 3.05) is 38.1 Å². The Kier molecular flexibility index (Phi) is 7.84. The molecule has 1 saturated carbocycles. The van der Waals surface area contributed by atoms with Gasteiger partial charge in [0, 0.05) is 52.0 Å². The SMILES string of the molecule is CCCn1cc(C(=O)N(C)C2CCCCC2)c(S(=O)(=O)N2CCN(c3ccccc3Cl)CC2)n1. The highest BCUT2D eigenvalue weighted by Gasteiger charge is 2.36. The van der Waals surface area contributed by atoms with Crippen LogP contribution in [-0.4, -0.2) is 72.6 Å². The fourth-order valence-electron chi connectivity index (χ4n) is 4.91. The fraction of sp³-hybridized carbons (Fsp3) is 0.583. The Balaban J connectivity index is 1.56. The topological polar surface area (TPSA) is 78.8 Å². The number of aromatic nitrogens is 2. The van der Waals surface area contributed by atoms with E-state index < -0.39 is 10.0 Å². The summed E-state index contributed by atoms with van der Waals surface area (Å²) in [5, 5.41) is 4.92. The van der Waals surface area contributed by atoms with Crippen molar-refractivity contribution in [1.82, 2.24) is 19.0 Å². The molecule has 1 amide bonds. The fourth-order valence-corrected chi connectivity index (χ4v) is 6.68. The number of halogens is 1. The monoisotopic (exact) mass is 507 g/mol. The van der Waals surface area contributed by atoms with E-state index in [4.69, 9.17) is 11.6 Å². The normalized spacial score (nSPS) is 18.3. The molecule has 0 radical (unpaired) electrons. The number of para-hydroxylation sites is 1.